The molecule has 0 aliphatic heterocycles. The van der Waals surface area contributed by atoms with E-state index in [1.54, 1.807) is 6.07 Å². The van der Waals surface area contributed by atoms with Crippen LogP contribution in [0.15, 0.2) is 35.2 Å². The summed E-state index contributed by atoms with van der Waals surface area (Å²) < 4.78 is 26.4. The van der Waals surface area contributed by atoms with E-state index in [2.05, 4.69) is 14.9 Å². The van der Waals surface area contributed by atoms with Crippen LogP contribution >= 0.6 is 11.6 Å². The highest BCUT2D eigenvalue weighted by molar-refractivity contribution is 7.92. The van der Waals surface area contributed by atoms with Gasteiger partial charge in [-0.25, -0.2) is 8.42 Å². The van der Waals surface area contributed by atoms with E-state index < -0.39 is 10.0 Å². The van der Waals surface area contributed by atoms with Gasteiger partial charge in [0.05, 0.1) is 4.90 Å². The Balaban J connectivity index is 2.24. The Labute approximate surface area is 110 Å². The molecule has 18 heavy (non-hydrogen) atoms. The number of aromatic nitrogens is 2. The number of rotatable bonds is 4. The van der Waals surface area contributed by atoms with Gasteiger partial charge in [0.1, 0.15) is 0 Å². The molecule has 2 aromatic rings. The minimum absolute atomic E-state index is 0.146. The summed E-state index contributed by atoms with van der Waals surface area (Å²) in [5.41, 5.74) is 0.865. The molecular formula is C11H12ClN3O2S. The summed E-state index contributed by atoms with van der Waals surface area (Å²) in [7, 11) is -3.62. The van der Waals surface area contributed by atoms with Crippen molar-refractivity contribution < 1.29 is 8.42 Å². The maximum Gasteiger partial charge on any atom is 0.263 e. The van der Waals surface area contributed by atoms with Crippen molar-refractivity contribution in [3.8, 4) is 0 Å². The van der Waals surface area contributed by atoms with Crippen molar-refractivity contribution in [3.05, 3.63) is 41.0 Å². The van der Waals surface area contributed by atoms with Gasteiger partial charge in [0.2, 0.25) is 0 Å². The molecule has 96 valence electrons. The number of aromatic amines is 1. The molecule has 1 aromatic carbocycles. The average molecular weight is 286 g/mol. The fraction of sp³-hybridized carbons (Fsp3) is 0.182. The lowest BCUT2D eigenvalue weighted by Gasteiger charge is -2.04. The SMILES string of the molecule is CCc1cc(NS(=O)(=O)c2ccc(Cl)cc2)n[nH]1. The Bertz CT molecular complexity index is 635. The van der Waals surface area contributed by atoms with Crippen LogP contribution < -0.4 is 4.72 Å². The summed E-state index contributed by atoms with van der Waals surface area (Å²) >= 11 is 5.71. The van der Waals surface area contributed by atoms with E-state index in [1.165, 1.54) is 24.3 Å². The number of hydrogen-bond acceptors (Lipinski definition) is 3. The molecule has 0 fully saturated rings. The van der Waals surface area contributed by atoms with E-state index in [1.807, 2.05) is 6.92 Å². The molecule has 0 amide bonds. The smallest absolute Gasteiger partial charge is 0.263 e. The normalized spacial score (nSPS) is 11.4. The lowest BCUT2D eigenvalue weighted by Crippen LogP contribution is -2.13. The van der Waals surface area contributed by atoms with Gasteiger partial charge in [-0.1, -0.05) is 18.5 Å². The van der Waals surface area contributed by atoms with Crippen molar-refractivity contribution >= 4 is 27.4 Å². The first kappa shape index (κ1) is 12.9. The van der Waals surface area contributed by atoms with Crippen LogP contribution in [-0.2, 0) is 16.4 Å². The summed E-state index contributed by atoms with van der Waals surface area (Å²) in [6.45, 7) is 1.95. The molecule has 0 unspecified atom stereocenters. The highest BCUT2D eigenvalue weighted by Crippen LogP contribution is 2.17. The third-order valence-electron chi connectivity index (χ3n) is 2.37. The minimum Gasteiger partial charge on any atom is -0.280 e. The van der Waals surface area contributed by atoms with Gasteiger partial charge in [0, 0.05) is 16.8 Å². The zero-order valence-corrected chi connectivity index (χ0v) is 11.2. The molecule has 0 spiro atoms. The number of aryl methyl sites for hydroxylation is 1. The Kier molecular flexibility index (Phi) is 3.58. The second kappa shape index (κ2) is 4.99. The number of sulfonamides is 1. The molecule has 1 heterocycles. The molecule has 0 saturated carbocycles. The molecule has 0 aliphatic carbocycles. The van der Waals surface area contributed by atoms with Crippen LogP contribution in [0.25, 0.3) is 0 Å². The first-order chi connectivity index (χ1) is 8.51. The van der Waals surface area contributed by atoms with E-state index in [9.17, 15) is 8.42 Å². The lowest BCUT2D eigenvalue weighted by atomic mass is 10.3. The van der Waals surface area contributed by atoms with Crippen molar-refractivity contribution in [2.75, 3.05) is 4.72 Å². The zero-order chi connectivity index (χ0) is 13.2. The van der Waals surface area contributed by atoms with Gasteiger partial charge in [0.15, 0.2) is 5.82 Å². The molecule has 2 N–H and O–H groups in total. The van der Waals surface area contributed by atoms with Crippen LogP contribution in [0, 0.1) is 0 Å². The average Bonchev–Trinajstić information content (AvgIpc) is 2.76. The summed E-state index contributed by atoms with van der Waals surface area (Å²) in [5, 5.41) is 7.10. The van der Waals surface area contributed by atoms with E-state index in [4.69, 9.17) is 11.6 Å². The minimum atomic E-state index is -3.62. The molecule has 2 rings (SSSR count). The molecule has 0 saturated heterocycles. The summed E-state index contributed by atoms with van der Waals surface area (Å²) in [4.78, 5) is 0.146. The molecular weight excluding hydrogens is 274 g/mol. The Morgan fingerprint density at radius 2 is 2.00 bits per heavy atom. The maximum absolute atomic E-state index is 12.0. The third kappa shape index (κ3) is 2.83. The maximum atomic E-state index is 12.0. The quantitative estimate of drug-likeness (QED) is 0.906. The monoisotopic (exact) mass is 285 g/mol. The number of halogens is 1. The number of nitrogens with one attached hydrogen (secondary N) is 2. The molecule has 7 heteroatoms. The summed E-state index contributed by atoms with van der Waals surface area (Å²) in [5.74, 6) is 0.279. The van der Waals surface area contributed by atoms with E-state index in [-0.39, 0.29) is 10.7 Å². The predicted octanol–water partition coefficient (Wildman–Crippen LogP) is 2.43. The highest BCUT2D eigenvalue weighted by atomic mass is 35.5. The topological polar surface area (TPSA) is 74.8 Å². The van der Waals surface area contributed by atoms with E-state index in [0.29, 0.717) is 5.02 Å². The molecule has 1 aromatic heterocycles. The van der Waals surface area contributed by atoms with E-state index in [0.717, 1.165) is 12.1 Å². The molecule has 0 atom stereocenters. The van der Waals surface area contributed by atoms with Crippen molar-refractivity contribution in [1.29, 1.82) is 0 Å². The van der Waals surface area contributed by atoms with Gasteiger partial charge in [-0.05, 0) is 30.7 Å². The third-order valence-corrected chi connectivity index (χ3v) is 4.00. The molecule has 5 nitrogen and oxygen atoms in total. The van der Waals surface area contributed by atoms with Crippen molar-refractivity contribution in [3.63, 3.8) is 0 Å². The molecule has 0 radical (unpaired) electrons. The van der Waals surface area contributed by atoms with Crippen LogP contribution in [0.2, 0.25) is 5.02 Å². The van der Waals surface area contributed by atoms with Crippen LogP contribution in [0.1, 0.15) is 12.6 Å². The van der Waals surface area contributed by atoms with Crippen molar-refractivity contribution in [2.45, 2.75) is 18.2 Å². The number of H-pyrrole nitrogens is 1. The Hall–Kier alpha value is -1.53. The standard InChI is InChI=1S/C11H12ClN3O2S/c1-2-9-7-11(14-13-9)15-18(16,17)10-5-3-8(12)4-6-10/h3-7H,2H2,1H3,(H2,13,14,15). The summed E-state index contributed by atoms with van der Waals surface area (Å²) in [6.07, 6.45) is 0.760. The largest absolute Gasteiger partial charge is 0.280 e. The lowest BCUT2D eigenvalue weighted by molar-refractivity contribution is 0.601. The van der Waals surface area contributed by atoms with Gasteiger partial charge in [-0.3, -0.25) is 9.82 Å². The van der Waals surface area contributed by atoms with Crippen molar-refractivity contribution in [1.82, 2.24) is 10.2 Å². The summed E-state index contributed by atoms with van der Waals surface area (Å²) in [6, 6.07) is 7.60. The number of nitrogens with zero attached hydrogens (tertiary/aromatic N) is 1. The highest BCUT2D eigenvalue weighted by Gasteiger charge is 2.15. The fourth-order valence-corrected chi connectivity index (χ4v) is 2.52. The number of hydrogen-bond donors (Lipinski definition) is 2. The second-order valence-electron chi connectivity index (χ2n) is 3.69. The van der Waals surface area contributed by atoms with Gasteiger partial charge in [-0.2, -0.15) is 5.10 Å². The van der Waals surface area contributed by atoms with Crippen LogP contribution in [0.5, 0.6) is 0 Å². The number of anilines is 1. The second-order valence-corrected chi connectivity index (χ2v) is 5.81. The fourth-order valence-electron chi connectivity index (χ4n) is 1.41. The van der Waals surface area contributed by atoms with Crippen molar-refractivity contribution in [2.24, 2.45) is 0 Å². The predicted molar refractivity (Wildman–Crippen MR) is 70.2 cm³/mol. The molecule has 0 bridgehead atoms. The van der Waals surface area contributed by atoms with Crippen LogP contribution in [-0.4, -0.2) is 18.6 Å². The van der Waals surface area contributed by atoms with Gasteiger partial charge < -0.3 is 0 Å². The Morgan fingerprint density at radius 3 is 2.56 bits per heavy atom. The van der Waals surface area contributed by atoms with Crippen LogP contribution in [0.4, 0.5) is 5.82 Å². The van der Waals surface area contributed by atoms with Gasteiger partial charge >= 0.3 is 0 Å². The zero-order valence-electron chi connectivity index (χ0n) is 9.64. The van der Waals surface area contributed by atoms with Gasteiger partial charge in [-0.15, -0.1) is 0 Å². The van der Waals surface area contributed by atoms with Gasteiger partial charge in [0.25, 0.3) is 10.0 Å². The molecule has 0 aliphatic rings. The Morgan fingerprint density at radius 1 is 1.33 bits per heavy atom. The van der Waals surface area contributed by atoms with Crippen LogP contribution in [0.3, 0.4) is 0 Å². The van der Waals surface area contributed by atoms with E-state index >= 15 is 0 Å². The first-order valence-corrected chi connectivity index (χ1v) is 7.20. The first-order valence-electron chi connectivity index (χ1n) is 5.34. The number of benzene rings is 1.